The summed E-state index contributed by atoms with van der Waals surface area (Å²) in [6, 6.07) is 25.1. The van der Waals surface area contributed by atoms with Gasteiger partial charge < -0.3 is 16.0 Å². The Kier molecular flexibility index (Phi) is 7.35. The fourth-order valence-electron chi connectivity index (χ4n) is 3.58. The SMILES string of the molecule is CCNC(=O)Nc1cc2cccc(Nc3ccc(CC(=O)NCc4ccccc4)cc3)c2cn1. The number of fused-ring (bicyclic) bond motifs is 1. The van der Waals surface area contributed by atoms with Crippen LogP contribution in [0.5, 0.6) is 0 Å². The van der Waals surface area contributed by atoms with Crippen LogP contribution in [0, 0.1) is 0 Å². The van der Waals surface area contributed by atoms with E-state index in [1.807, 2.05) is 85.8 Å². The first-order valence-electron chi connectivity index (χ1n) is 11.2. The van der Waals surface area contributed by atoms with Gasteiger partial charge in [-0.05, 0) is 47.7 Å². The molecule has 7 heteroatoms. The molecule has 0 unspecified atom stereocenters. The van der Waals surface area contributed by atoms with Crippen molar-refractivity contribution in [3.63, 3.8) is 0 Å². The van der Waals surface area contributed by atoms with Crippen LogP contribution in [0.1, 0.15) is 18.1 Å². The van der Waals surface area contributed by atoms with E-state index in [0.29, 0.717) is 25.3 Å². The fourth-order valence-corrected chi connectivity index (χ4v) is 3.58. The third kappa shape index (κ3) is 6.10. The Labute approximate surface area is 198 Å². The van der Waals surface area contributed by atoms with E-state index in [-0.39, 0.29) is 11.9 Å². The standard InChI is InChI=1S/C27H27N5O2/c1-2-28-27(34)32-25-16-21-9-6-10-24(23(21)18-29-25)31-22-13-11-19(12-14-22)15-26(33)30-17-20-7-4-3-5-8-20/h3-14,16,18,31H,2,15,17H2,1H3,(H,30,33)(H2,28,29,32,34). The molecule has 4 rings (SSSR count). The van der Waals surface area contributed by atoms with Gasteiger partial charge in [0, 0.05) is 36.0 Å². The van der Waals surface area contributed by atoms with Crippen LogP contribution in [-0.2, 0) is 17.8 Å². The average Bonchev–Trinajstić information content (AvgIpc) is 2.85. The summed E-state index contributed by atoms with van der Waals surface area (Å²) in [5.41, 5.74) is 3.83. The van der Waals surface area contributed by atoms with Gasteiger partial charge in [-0.15, -0.1) is 0 Å². The summed E-state index contributed by atoms with van der Waals surface area (Å²) in [6.45, 7) is 2.93. The van der Waals surface area contributed by atoms with Crippen LogP contribution in [0.4, 0.5) is 22.0 Å². The number of urea groups is 1. The number of carbonyl (C=O) groups excluding carboxylic acids is 2. The zero-order chi connectivity index (χ0) is 23.8. The molecule has 34 heavy (non-hydrogen) atoms. The predicted molar refractivity (Wildman–Crippen MR) is 136 cm³/mol. The van der Waals surface area contributed by atoms with Crippen molar-refractivity contribution < 1.29 is 9.59 Å². The van der Waals surface area contributed by atoms with Gasteiger partial charge in [-0.1, -0.05) is 54.6 Å². The number of benzene rings is 3. The molecule has 0 spiro atoms. The van der Waals surface area contributed by atoms with Crippen LogP contribution >= 0.6 is 0 Å². The van der Waals surface area contributed by atoms with E-state index in [0.717, 1.165) is 33.3 Å². The molecule has 0 bridgehead atoms. The molecule has 172 valence electrons. The average molecular weight is 454 g/mol. The first kappa shape index (κ1) is 22.8. The maximum Gasteiger partial charge on any atom is 0.320 e. The van der Waals surface area contributed by atoms with Crippen LogP contribution in [0.15, 0.2) is 85.1 Å². The molecule has 1 heterocycles. The van der Waals surface area contributed by atoms with Gasteiger partial charge in [-0.25, -0.2) is 9.78 Å². The molecule has 4 aromatic rings. The Bertz CT molecular complexity index is 1270. The first-order valence-corrected chi connectivity index (χ1v) is 11.2. The number of hydrogen-bond acceptors (Lipinski definition) is 4. The molecule has 3 aromatic carbocycles. The summed E-state index contributed by atoms with van der Waals surface area (Å²) in [5.74, 6) is 0.479. The third-order valence-corrected chi connectivity index (χ3v) is 5.27. The van der Waals surface area contributed by atoms with E-state index < -0.39 is 0 Å². The van der Waals surface area contributed by atoms with Crippen LogP contribution in [0.2, 0.25) is 0 Å². The molecule has 0 aliphatic carbocycles. The van der Waals surface area contributed by atoms with Gasteiger partial charge in [0.15, 0.2) is 0 Å². The summed E-state index contributed by atoms with van der Waals surface area (Å²) in [5, 5.41) is 13.7. The molecular weight excluding hydrogens is 426 g/mol. The molecule has 0 saturated heterocycles. The lowest BCUT2D eigenvalue weighted by molar-refractivity contribution is -0.120. The highest BCUT2D eigenvalue weighted by molar-refractivity contribution is 5.97. The minimum Gasteiger partial charge on any atom is -0.355 e. The third-order valence-electron chi connectivity index (χ3n) is 5.27. The van der Waals surface area contributed by atoms with Gasteiger partial charge in [0.05, 0.1) is 6.42 Å². The number of amides is 3. The number of carbonyl (C=O) groups is 2. The lowest BCUT2D eigenvalue weighted by Crippen LogP contribution is -2.28. The molecule has 7 nitrogen and oxygen atoms in total. The van der Waals surface area contributed by atoms with Crippen molar-refractivity contribution in [1.29, 1.82) is 0 Å². The van der Waals surface area contributed by atoms with E-state index in [4.69, 9.17) is 0 Å². The smallest absolute Gasteiger partial charge is 0.320 e. The summed E-state index contributed by atoms with van der Waals surface area (Å²) in [4.78, 5) is 28.4. The second-order valence-corrected chi connectivity index (χ2v) is 7.84. The molecule has 0 aliphatic rings. The largest absolute Gasteiger partial charge is 0.355 e. The highest BCUT2D eigenvalue weighted by Crippen LogP contribution is 2.27. The Morgan fingerprint density at radius 1 is 0.853 bits per heavy atom. The Morgan fingerprint density at radius 3 is 2.41 bits per heavy atom. The number of anilines is 3. The van der Waals surface area contributed by atoms with Crippen LogP contribution < -0.4 is 21.3 Å². The van der Waals surface area contributed by atoms with E-state index in [1.54, 1.807) is 6.20 Å². The number of nitrogens with one attached hydrogen (secondary N) is 4. The molecule has 0 atom stereocenters. The van der Waals surface area contributed by atoms with Crippen molar-refractivity contribution in [2.45, 2.75) is 19.9 Å². The monoisotopic (exact) mass is 453 g/mol. The first-order chi connectivity index (χ1) is 16.6. The minimum atomic E-state index is -0.280. The highest BCUT2D eigenvalue weighted by Gasteiger charge is 2.07. The molecular formula is C27H27N5O2. The zero-order valence-electron chi connectivity index (χ0n) is 19.0. The van der Waals surface area contributed by atoms with Gasteiger partial charge in [0.1, 0.15) is 5.82 Å². The van der Waals surface area contributed by atoms with Gasteiger partial charge in [-0.3, -0.25) is 10.1 Å². The lowest BCUT2D eigenvalue weighted by Gasteiger charge is -2.12. The summed E-state index contributed by atoms with van der Waals surface area (Å²) in [6.07, 6.45) is 2.07. The van der Waals surface area contributed by atoms with Crippen molar-refractivity contribution in [2.75, 3.05) is 17.2 Å². The second-order valence-electron chi connectivity index (χ2n) is 7.84. The number of hydrogen-bond donors (Lipinski definition) is 4. The van der Waals surface area contributed by atoms with Crippen LogP contribution in [0.3, 0.4) is 0 Å². The summed E-state index contributed by atoms with van der Waals surface area (Å²) >= 11 is 0. The number of pyridine rings is 1. The topological polar surface area (TPSA) is 95.2 Å². The fraction of sp³-hybridized carbons (Fsp3) is 0.148. The zero-order valence-corrected chi connectivity index (χ0v) is 19.0. The second kappa shape index (κ2) is 11.0. The van der Waals surface area contributed by atoms with Gasteiger partial charge >= 0.3 is 6.03 Å². The van der Waals surface area contributed by atoms with Crippen molar-refractivity contribution in [3.8, 4) is 0 Å². The lowest BCUT2D eigenvalue weighted by atomic mass is 10.1. The van der Waals surface area contributed by atoms with Crippen molar-refractivity contribution in [3.05, 3.63) is 96.2 Å². The van der Waals surface area contributed by atoms with E-state index in [1.165, 1.54) is 0 Å². The minimum absolute atomic E-state index is 0.0123. The van der Waals surface area contributed by atoms with Gasteiger partial charge in [0.25, 0.3) is 0 Å². The molecule has 3 amide bonds. The molecule has 0 aliphatic heterocycles. The molecule has 0 fully saturated rings. The van der Waals surface area contributed by atoms with Crippen LogP contribution in [0.25, 0.3) is 10.8 Å². The maximum absolute atomic E-state index is 12.3. The number of aromatic nitrogens is 1. The maximum atomic E-state index is 12.3. The highest BCUT2D eigenvalue weighted by atomic mass is 16.2. The van der Waals surface area contributed by atoms with E-state index in [9.17, 15) is 9.59 Å². The summed E-state index contributed by atoms with van der Waals surface area (Å²) in [7, 11) is 0. The Hall–Kier alpha value is -4.39. The van der Waals surface area contributed by atoms with Crippen LogP contribution in [-0.4, -0.2) is 23.5 Å². The van der Waals surface area contributed by atoms with E-state index in [2.05, 4.69) is 26.3 Å². The molecule has 1 aromatic heterocycles. The van der Waals surface area contributed by atoms with Gasteiger partial charge in [-0.2, -0.15) is 0 Å². The van der Waals surface area contributed by atoms with Crippen molar-refractivity contribution in [2.24, 2.45) is 0 Å². The quantitative estimate of drug-likeness (QED) is 0.303. The predicted octanol–water partition coefficient (Wildman–Crippen LogP) is 4.98. The molecule has 0 saturated carbocycles. The van der Waals surface area contributed by atoms with Gasteiger partial charge in [0.2, 0.25) is 5.91 Å². The Morgan fingerprint density at radius 2 is 1.65 bits per heavy atom. The number of nitrogens with zero attached hydrogens (tertiary/aromatic N) is 1. The van der Waals surface area contributed by atoms with E-state index >= 15 is 0 Å². The molecule has 4 N–H and O–H groups in total. The number of rotatable bonds is 8. The molecule has 0 radical (unpaired) electrons. The van der Waals surface area contributed by atoms with Crippen molar-refractivity contribution >= 4 is 39.9 Å². The van der Waals surface area contributed by atoms with Crippen molar-refractivity contribution in [1.82, 2.24) is 15.6 Å². The normalized spacial score (nSPS) is 10.5. The Balaban J connectivity index is 1.38. The summed E-state index contributed by atoms with van der Waals surface area (Å²) < 4.78 is 0.